The van der Waals surface area contributed by atoms with E-state index in [0.717, 1.165) is 0 Å². The van der Waals surface area contributed by atoms with Gasteiger partial charge >= 0.3 is 17.1 Å². The predicted molar refractivity (Wildman–Crippen MR) is 114 cm³/mol. The van der Waals surface area contributed by atoms with Crippen LogP contribution in [0.3, 0.4) is 0 Å². The van der Waals surface area contributed by atoms with Crippen molar-refractivity contribution in [3.63, 3.8) is 0 Å². The molecule has 25 heavy (non-hydrogen) atoms. The Bertz CT molecular complexity index is 552. The molecule has 0 saturated heterocycles. The van der Waals surface area contributed by atoms with Gasteiger partial charge in [0.1, 0.15) is 0 Å². The van der Waals surface area contributed by atoms with Gasteiger partial charge in [-0.05, 0) is 10.3 Å². The van der Waals surface area contributed by atoms with E-state index in [9.17, 15) is 0 Å². The smallest absolute Gasteiger partial charge is 0.213 e. The van der Waals surface area contributed by atoms with Crippen LogP contribution in [0.15, 0.2) is 24.3 Å². The summed E-state index contributed by atoms with van der Waals surface area (Å²) in [5.74, 6) is 0. The maximum absolute atomic E-state index is 2.36. The van der Waals surface area contributed by atoms with Crippen LogP contribution >= 0.6 is 7.92 Å². The van der Waals surface area contributed by atoms with Gasteiger partial charge in [-0.1, -0.05) is 84.1 Å². The average Bonchev–Trinajstić information content (AvgIpc) is 2.98. The van der Waals surface area contributed by atoms with Crippen molar-refractivity contribution in [1.29, 1.82) is 0 Å². The second kappa shape index (κ2) is 9.03. The number of hydrogen-bond acceptors (Lipinski definition) is 0. The first-order chi connectivity index (χ1) is 10.8. The Labute approximate surface area is 168 Å². The monoisotopic (exact) mass is 400 g/mol. The van der Waals surface area contributed by atoms with Crippen LogP contribution < -0.4 is 5.30 Å². The minimum atomic E-state index is -0.101. The number of hydrogen-bond donors (Lipinski definition) is 0. The zero-order valence-electron chi connectivity index (χ0n) is 18.1. The van der Waals surface area contributed by atoms with Gasteiger partial charge in [0, 0.05) is 0 Å². The van der Waals surface area contributed by atoms with Gasteiger partial charge in [-0.15, -0.1) is 5.30 Å². The maximum atomic E-state index is 2.36. The van der Waals surface area contributed by atoms with E-state index in [4.69, 9.17) is 0 Å². The van der Waals surface area contributed by atoms with Crippen LogP contribution in [0.5, 0.6) is 0 Å². The van der Waals surface area contributed by atoms with Crippen LogP contribution in [0.25, 0.3) is 0 Å². The molecule has 0 saturated carbocycles. The van der Waals surface area contributed by atoms with Gasteiger partial charge in [-0.25, -0.2) is 12.1 Å². The Morgan fingerprint density at radius 2 is 1.24 bits per heavy atom. The molecule has 0 radical (unpaired) electrons. The van der Waals surface area contributed by atoms with Gasteiger partial charge in [0.2, 0.25) is 0 Å². The molecule has 0 nitrogen and oxygen atoms in total. The first-order valence-electron chi connectivity index (χ1n) is 9.00. The van der Waals surface area contributed by atoms with E-state index in [2.05, 4.69) is 100 Å². The molecule has 2 heteroatoms. The SMILES string of the molecule is CC(C)(C)P(c1ccc[cH-]1)C(C)(C)C.Cc1c(C)c(C)[c-](C)c1C.[Fe+2]. The zero-order valence-corrected chi connectivity index (χ0v) is 20.1. The third kappa shape index (κ3) is 6.09. The standard InChI is InChI=1S/C13H22P.C10H15.Fe/c1-12(2,3)14(13(4,5)6)11-9-7-8-10-11;1-6-7(2)9(4)10(5)8(6)3;/h7-10H,1-6H3;1-5H3;/q2*-1;+2. The molecule has 2 aromatic rings. The van der Waals surface area contributed by atoms with Gasteiger partial charge in [-0.3, -0.25) is 0 Å². The summed E-state index contributed by atoms with van der Waals surface area (Å²) in [6, 6.07) is 8.87. The maximum Gasteiger partial charge on any atom is 2.00 e. The van der Waals surface area contributed by atoms with Crippen molar-refractivity contribution in [2.75, 3.05) is 0 Å². The summed E-state index contributed by atoms with van der Waals surface area (Å²) in [4.78, 5) is 0. The van der Waals surface area contributed by atoms with Crippen LogP contribution in [-0.2, 0) is 17.1 Å². The van der Waals surface area contributed by atoms with Crippen LogP contribution in [0, 0.1) is 34.6 Å². The molecule has 0 aliphatic carbocycles. The van der Waals surface area contributed by atoms with Crippen molar-refractivity contribution < 1.29 is 17.1 Å². The van der Waals surface area contributed by atoms with Gasteiger partial charge in [-0.2, -0.15) is 39.9 Å². The van der Waals surface area contributed by atoms with Crippen molar-refractivity contribution in [2.24, 2.45) is 0 Å². The van der Waals surface area contributed by atoms with E-state index in [1.54, 1.807) is 5.30 Å². The van der Waals surface area contributed by atoms with Crippen LogP contribution in [0.4, 0.5) is 0 Å². The molecule has 2 aromatic carbocycles. The van der Waals surface area contributed by atoms with Crippen LogP contribution in [0.2, 0.25) is 0 Å². The second-order valence-corrected chi connectivity index (χ2v) is 12.8. The van der Waals surface area contributed by atoms with E-state index < -0.39 is 0 Å². The quantitative estimate of drug-likeness (QED) is 0.273. The fourth-order valence-corrected chi connectivity index (χ4v) is 7.73. The molecule has 0 aromatic heterocycles. The third-order valence-corrected chi connectivity index (χ3v) is 8.56. The Morgan fingerprint density at radius 3 is 1.44 bits per heavy atom. The van der Waals surface area contributed by atoms with Gasteiger partial charge in [0.25, 0.3) is 0 Å². The summed E-state index contributed by atoms with van der Waals surface area (Å²) in [5.41, 5.74) is 7.34. The largest absolute Gasteiger partial charge is 2.00 e. The van der Waals surface area contributed by atoms with Crippen molar-refractivity contribution in [3.8, 4) is 0 Å². The molecule has 0 spiro atoms. The van der Waals surface area contributed by atoms with Gasteiger partial charge in [0.15, 0.2) is 0 Å². The van der Waals surface area contributed by atoms with Crippen molar-refractivity contribution in [2.45, 2.75) is 86.5 Å². The predicted octanol–water partition coefficient (Wildman–Crippen LogP) is 7.05. The molecule has 2 rings (SSSR count). The van der Waals surface area contributed by atoms with E-state index in [-0.39, 0.29) is 25.0 Å². The van der Waals surface area contributed by atoms with Crippen LogP contribution in [-0.4, -0.2) is 10.3 Å². The summed E-state index contributed by atoms with van der Waals surface area (Å²) in [5, 5.41) is 2.32. The Balaban J connectivity index is 0.000000465. The van der Waals surface area contributed by atoms with Crippen LogP contribution in [0.1, 0.15) is 69.4 Å². The Hall–Kier alpha value is -0.351. The molecule has 0 amide bonds. The average molecular weight is 400 g/mol. The third-order valence-electron chi connectivity index (χ3n) is 5.06. The second-order valence-electron chi connectivity index (χ2n) is 8.95. The summed E-state index contributed by atoms with van der Waals surface area (Å²) < 4.78 is 0. The van der Waals surface area contributed by atoms with E-state index in [0.29, 0.717) is 10.3 Å². The molecule has 0 atom stereocenters. The normalized spacial score (nSPS) is 11.8. The van der Waals surface area contributed by atoms with Gasteiger partial charge < -0.3 is 0 Å². The first kappa shape index (κ1) is 24.6. The molecule has 142 valence electrons. The van der Waals surface area contributed by atoms with E-state index in [1.165, 1.54) is 27.8 Å². The molecule has 0 aliphatic rings. The van der Waals surface area contributed by atoms with E-state index in [1.807, 2.05) is 0 Å². The molecule has 0 bridgehead atoms. The molecule has 0 fully saturated rings. The zero-order chi connectivity index (χ0) is 18.9. The Morgan fingerprint density at radius 1 is 0.840 bits per heavy atom. The van der Waals surface area contributed by atoms with Gasteiger partial charge in [0.05, 0.1) is 0 Å². The van der Waals surface area contributed by atoms with Crippen molar-refractivity contribution >= 4 is 13.2 Å². The fourth-order valence-electron chi connectivity index (χ4n) is 3.70. The molecule has 0 N–H and O–H groups in total. The molecular weight excluding hydrogens is 363 g/mol. The summed E-state index contributed by atoms with van der Waals surface area (Å²) in [7, 11) is -0.101. The first-order valence-corrected chi connectivity index (χ1v) is 10.3. The summed E-state index contributed by atoms with van der Waals surface area (Å²) in [6.45, 7) is 25.1. The minimum Gasteiger partial charge on any atom is -0.213 e. The summed E-state index contributed by atoms with van der Waals surface area (Å²) in [6.07, 6.45) is 0. The number of rotatable bonds is 1. The summed E-state index contributed by atoms with van der Waals surface area (Å²) >= 11 is 0. The molecule has 0 heterocycles. The topological polar surface area (TPSA) is 0 Å². The Kier molecular flexibility index (Phi) is 8.91. The molecular formula is C23H37FeP. The van der Waals surface area contributed by atoms with E-state index >= 15 is 0 Å². The fraction of sp³-hybridized carbons (Fsp3) is 0.565. The van der Waals surface area contributed by atoms with Crippen molar-refractivity contribution in [3.05, 3.63) is 52.1 Å². The molecule has 0 aliphatic heterocycles. The molecule has 0 unspecified atom stereocenters. The van der Waals surface area contributed by atoms with Crippen molar-refractivity contribution in [1.82, 2.24) is 0 Å². The minimum absolute atomic E-state index is 0.